The third-order valence-corrected chi connectivity index (χ3v) is 8.50. The van der Waals surface area contributed by atoms with Gasteiger partial charge in [0.25, 0.3) is 0 Å². The number of hydrogen-bond donors (Lipinski definition) is 0. The number of benzene rings is 7. The molecule has 0 unspecified atom stereocenters. The number of furan rings is 1. The van der Waals surface area contributed by atoms with E-state index < -0.39 is 0 Å². The summed E-state index contributed by atoms with van der Waals surface area (Å²) in [7, 11) is 0. The number of para-hydroxylation sites is 1. The van der Waals surface area contributed by atoms with Gasteiger partial charge >= 0.3 is 0 Å². The standard InChI is InChI=1S/C41H25N3O/c1-3-12-28(13-4-1)39-42-40(29-14-5-2-6-15-29)44-41(43-39)31-17-9-16-30(25-31)33-19-10-20-34-37-35(45-38(33)34)24-23-27-22-21-26-11-7-8-18-32(26)36(27)37/h1-25H. The Morgan fingerprint density at radius 1 is 0.378 bits per heavy atom. The minimum atomic E-state index is 0.624. The first-order chi connectivity index (χ1) is 22.3. The maximum Gasteiger partial charge on any atom is 0.164 e. The number of aromatic nitrogens is 3. The fourth-order valence-electron chi connectivity index (χ4n) is 6.38. The van der Waals surface area contributed by atoms with Crippen LogP contribution < -0.4 is 0 Å². The van der Waals surface area contributed by atoms with Crippen molar-refractivity contribution in [1.29, 1.82) is 0 Å². The Bertz CT molecular complexity index is 2480. The van der Waals surface area contributed by atoms with Gasteiger partial charge in [-0.05, 0) is 33.9 Å². The average Bonchev–Trinajstić information content (AvgIpc) is 3.51. The van der Waals surface area contributed by atoms with Gasteiger partial charge in [-0.2, -0.15) is 0 Å². The van der Waals surface area contributed by atoms with Crippen LogP contribution in [0.2, 0.25) is 0 Å². The first-order valence-corrected chi connectivity index (χ1v) is 15.0. The Morgan fingerprint density at radius 2 is 0.933 bits per heavy atom. The number of nitrogens with zero attached hydrogens (tertiary/aromatic N) is 3. The molecule has 210 valence electrons. The van der Waals surface area contributed by atoms with E-state index in [1.165, 1.54) is 21.5 Å². The molecule has 0 bridgehead atoms. The molecule has 2 aromatic heterocycles. The quantitative estimate of drug-likeness (QED) is 0.196. The van der Waals surface area contributed by atoms with Crippen LogP contribution >= 0.6 is 0 Å². The molecule has 0 spiro atoms. The van der Waals surface area contributed by atoms with Gasteiger partial charge in [-0.3, -0.25) is 0 Å². The summed E-state index contributed by atoms with van der Waals surface area (Å²) in [5, 5.41) is 7.13. The summed E-state index contributed by atoms with van der Waals surface area (Å²) >= 11 is 0. The fraction of sp³-hybridized carbons (Fsp3) is 0. The maximum absolute atomic E-state index is 6.65. The van der Waals surface area contributed by atoms with Crippen molar-refractivity contribution in [3.05, 3.63) is 152 Å². The molecule has 9 rings (SSSR count). The predicted molar refractivity (Wildman–Crippen MR) is 184 cm³/mol. The second kappa shape index (κ2) is 10.2. The fourth-order valence-corrected chi connectivity index (χ4v) is 6.38. The lowest BCUT2D eigenvalue weighted by Crippen LogP contribution is -2.00. The van der Waals surface area contributed by atoms with E-state index in [-0.39, 0.29) is 0 Å². The smallest absolute Gasteiger partial charge is 0.164 e. The van der Waals surface area contributed by atoms with Gasteiger partial charge in [0.2, 0.25) is 0 Å². The van der Waals surface area contributed by atoms with Crippen LogP contribution in [0, 0.1) is 0 Å². The maximum atomic E-state index is 6.65. The van der Waals surface area contributed by atoms with E-state index in [0.29, 0.717) is 17.5 Å². The Morgan fingerprint density at radius 3 is 1.69 bits per heavy atom. The van der Waals surface area contributed by atoms with E-state index in [2.05, 4.69) is 91.0 Å². The van der Waals surface area contributed by atoms with E-state index in [0.717, 1.165) is 49.8 Å². The van der Waals surface area contributed by atoms with Crippen molar-refractivity contribution < 1.29 is 4.42 Å². The van der Waals surface area contributed by atoms with Gasteiger partial charge in [0.15, 0.2) is 17.5 Å². The number of rotatable bonds is 4. The van der Waals surface area contributed by atoms with Gasteiger partial charge < -0.3 is 4.42 Å². The van der Waals surface area contributed by atoms with E-state index >= 15 is 0 Å². The molecule has 0 aliphatic carbocycles. The SMILES string of the molecule is c1ccc(-c2nc(-c3ccccc3)nc(-c3cccc(-c4cccc5c4oc4ccc6ccc7ccccc7c6c45)c3)n2)cc1. The summed E-state index contributed by atoms with van der Waals surface area (Å²) in [5.74, 6) is 1.91. The first-order valence-electron chi connectivity index (χ1n) is 15.0. The zero-order valence-electron chi connectivity index (χ0n) is 24.2. The highest BCUT2D eigenvalue weighted by Gasteiger charge is 2.17. The zero-order valence-corrected chi connectivity index (χ0v) is 24.2. The molecule has 0 aliphatic heterocycles. The minimum Gasteiger partial charge on any atom is -0.455 e. The third kappa shape index (κ3) is 4.27. The van der Waals surface area contributed by atoms with Crippen molar-refractivity contribution in [2.75, 3.05) is 0 Å². The molecule has 2 heterocycles. The predicted octanol–water partition coefficient (Wildman–Crippen LogP) is 10.7. The van der Waals surface area contributed by atoms with Crippen LogP contribution in [-0.4, -0.2) is 15.0 Å². The highest BCUT2D eigenvalue weighted by Crippen LogP contribution is 2.41. The summed E-state index contributed by atoms with van der Waals surface area (Å²) in [6.45, 7) is 0. The third-order valence-electron chi connectivity index (χ3n) is 8.50. The van der Waals surface area contributed by atoms with Gasteiger partial charge in [-0.15, -0.1) is 0 Å². The first kappa shape index (κ1) is 25.4. The molecule has 4 heteroatoms. The molecule has 0 aliphatic rings. The van der Waals surface area contributed by atoms with E-state index in [9.17, 15) is 0 Å². The summed E-state index contributed by atoms with van der Waals surface area (Å²) < 4.78 is 6.65. The molecule has 0 atom stereocenters. The summed E-state index contributed by atoms with van der Waals surface area (Å²) in [6, 6.07) is 52.1. The molecule has 0 saturated carbocycles. The van der Waals surface area contributed by atoms with Crippen LogP contribution in [0.5, 0.6) is 0 Å². The van der Waals surface area contributed by atoms with Gasteiger partial charge in [0.1, 0.15) is 11.2 Å². The largest absolute Gasteiger partial charge is 0.455 e. The second-order valence-corrected chi connectivity index (χ2v) is 11.2. The highest BCUT2D eigenvalue weighted by molar-refractivity contribution is 6.27. The Labute approximate surface area is 259 Å². The molecular formula is C41H25N3O. The Kier molecular flexibility index (Phi) is 5.78. The van der Waals surface area contributed by atoms with Crippen LogP contribution in [0.1, 0.15) is 0 Å². The van der Waals surface area contributed by atoms with Crippen LogP contribution in [0.4, 0.5) is 0 Å². The Hall–Kier alpha value is -6.13. The van der Waals surface area contributed by atoms with E-state index in [4.69, 9.17) is 19.4 Å². The lowest BCUT2D eigenvalue weighted by molar-refractivity contribution is 0.670. The lowest BCUT2D eigenvalue weighted by Gasteiger charge is -2.10. The van der Waals surface area contributed by atoms with E-state index in [1.54, 1.807) is 0 Å². The topological polar surface area (TPSA) is 51.8 Å². The van der Waals surface area contributed by atoms with E-state index in [1.807, 2.05) is 60.7 Å². The molecule has 7 aromatic carbocycles. The van der Waals surface area contributed by atoms with Crippen LogP contribution in [0.3, 0.4) is 0 Å². The molecular weight excluding hydrogens is 550 g/mol. The van der Waals surface area contributed by atoms with Crippen molar-refractivity contribution >= 4 is 43.5 Å². The van der Waals surface area contributed by atoms with Crippen LogP contribution in [0.25, 0.3) is 88.8 Å². The van der Waals surface area contributed by atoms with Gasteiger partial charge in [0, 0.05) is 38.4 Å². The second-order valence-electron chi connectivity index (χ2n) is 11.2. The molecule has 9 aromatic rings. The molecule has 0 amide bonds. The molecule has 0 radical (unpaired) electrons. The van der Waals surface area contributed by atoms with Gasteiger partial charge in [-0.25, -0.2) is 15.0 Å². The lowest BCUT2D eigenvalue weighted by atomic mass is 9.96. The van der Waals surface area contributed by atoms with Crippen molar-refractivity contribution in [1.82, 2.24) is 15.0 Å². The van der Waals surface area contributed by atoms with Gasteiger partial charge in [0.05, 0.1) is 0 Å². The average molecular weight is 576 g/mol. The normalized spacial score (nSPS) is 11.6. The monoisotopic (exact) mass is 575 g/mol. The highest BCUT2D eigenvalue weighted by atomic mass is 16.3. The number of hydrogen-bond acceptors (Lipinski definition) is 4. The van der Waals surface area contributed by atoms with Crippen molar-refractivity contribution in [3.8, 4) is 45.3 Å². The molecule has 0 fully saturated rings. The van der Waals surface area contributed by atoms with Crippen molar-refractivity contribution in [2.45, 2.75) is 0 Å². The van der Waals surface area contributed by atoms with Crippen LogP contribution in [0.15, 0.2) is 156 Å². The van der Waals surface area contributed by atoms with Crippen LogP contribution in [-0.2, 0) is 0 Å². The molecule has 0 saturated heterocycles. The zero-order chi connectivity index (χ0) is 29.7. The number of fused-ring (bicyclic) bond motifs is 7. The summed E-state index contributed by atoms with van der Waals surface area (Å²) in [5.41, 5.74) is 6.62. The summed E-state index contributed by atoms with van der Waals surface area (Å²) in [4.78, 5) is 14.8. The minimum absolute atomic E-state index is 0.624. The van der Waals surface area contributed by atoms with Crippen molar-refractivity contribution in [3.63, 3.8) is 0 Å². The van der Waals surface area contributed by atoms with Crippen molar-refractivity contribution in [2.24, 2.45) is 0 Å². The Balaban J connectivity index is 1.24. The molecule has 45 heavy (non-hydrogen) atoms. The molecule has 4 nitrogen and oxygen atoms in total. The van der Waals surface area contributed by atoms with Gasteiger partial charge in [-0.1, -0.05) is 140 Å². The summed E-state index contributed by atoms with van der Waals surface area (Å²) in [6.07, 6.45) is 0. The molecule has 0 N–H and O–H groups in total.